The smallest absolute Gasteiger partial charge is 0.344 e. The van der Waals surface area contributed by atoms with Crippen LogP contribution in [0.3, 0.4) is 0 Å². The zero-order valence-electron chi connectivity index (χ0n) is 6.24. The van der Waals surface area contributed by atoms with E-state index in [1.165, 1.54) is 6.20 Å². The van der Waals surface area contributed by atoms with E-state index in [0.717, 1.165) is 0 Å². The van der Waals surface area contributed by atoms with Crippen LogP contribution in [0.2, 0.25) is 0 Å². The van der Waals surface area contributed by atoms with Gasteiger partial charge in [0.2, 0.25) is 0 Å². The average Bonchev–Trinajstić information content (AvgIpc) is 2.01. The molecular formula is C6H10N4O. The Morgan fingerprint density at radius 3 is 2.82 bits per heavy atom. The number of nitrogens with two attached hydrogens (primary N) is 2. The van der Waals surface area contributed by atoms with Crippen LogP contribution in [0.15, 0.2) is 6.20 Å². The first-order valence-electron chi connectivity index (χ1n) is 3.29. The molecule has 0 aliphatic heterocycles. The van der Waals surface area contributed by atoms with E-state index in [0.29, 0.717) is 16.7 Å². The number of anilines is 2. The minimum atomic E-state index is -0.111. The van der Waals surface area contributed by atoms with Gasteiger partial charge in [-0.15, -0.1) is 4.98 Å². The van der Waals surface area contributed by atoms with Crippen molar-refractivity contribution in [3.8, 4) is 0 Å². The van der Waals surface area contributed by atoms with Crippen molar-refractivity contribution in [1.82, 2.24) is 4.98 Å². The lowest BCUT2D eigenvalue weighted by molar-refractivity contribution is -0.577. The fraction of sp³-hybridized carbons (Fsp3) is 0.333. The number of hydrogen-bond acceptors (Lipinski definition) is 4. The third-order valence-electron chi connectivity index (χ3n) is 1.49. The Kier molecular flexibility index (Phi) is 1.80. The van der Waals surface area contributed by atoms with Crippen LogP contribution in [0.25, 0.3) is 0 Å². The fourth-order valence-corrected chi connectivity index (χ4v) is 0.789. The quantitative estimate of drug-likeness (QED) is 0.419. The van der Waals surface area contributed by atoms with Crippen LogP contribution in [0.4, 0.5) is 11.8 Å². The molecule has 5 nitrogen and oxygen atoms in total. The predicted molar refractivity (Wildman–Crippen MR) is 41.4 cm³/mol. The van der Waals surface area contributed by atoms with Crippen molar-refractivity contribution in [3.05, 3.63) is 17.0 Å². The van der Waals surface area contributed by atoms with Gasteiger partial charge >= 0.3 is 5.95 Å². The van der Waals surface area contributed by atoms with E-state index < -0.39 is 0 Å². The van der Waals surface area contributed by atoms with Gasteiger partial charge in [0.15, 0.2) is 5.82 Å². The first-order chi connectivity index (χ1) is 5.16. The molecule has 4 N–H and O–H groups in total. The highest BCUT2D eigenvalue weighted by Crippen LogP contribution is 2.05. The third-order valence-corrected chi connectivity index (χ3v) is 1.49. The Morgan fingerprint density at radius 1 is 1.64 bits per heavy atom. The van der Waals surface area contributed by atoms with E-state index in [2.05, 4.69) is 4.98 Å². The molecule has 0 unspecified atom stereocenters. The lowest BCUT2D eigenvalue weighted by Crippen LogP contribution is -2.36. The van der Waals surface area contributed by atoms with Crippen LogP contribution in [0.1, 0.15) is 12.5 Å². The number of rotatable bonds is 1. The minimum absolute atomic E-state index is 0.111. The summed E-state index contributed by atoms with van der Waals surface area (Å²) in [5.74, 6) is 0.0275. The third kappa shape index (κ3) is 1.17. The molecular weight excluding hydrogens is 144 g/mol. The minimum Gasteiger partial charge on any atom is -0.754 e. The molecule has 1 heterocycles. The summed E-state index contributed by atoms with van der Waals surface area (Å²) in [6.45, 7) is 1.89. The number of aryl methyl sites for hydroxylation is 1. The second-order valence-electron chi connectivity index (χ2n) is 2.17. The largest absolute Gasteiger partial charge is 0.754 e. The highest BCUT2D eigenvalue weighted by atomic mass is 16.5. The topological polar surface area (TPSA) is 91.9 Å². The highest BCUT2D eigenvalue weighted by Gasteiger charge is 2.06. The van der Waals surface area contributed by atoms with Gasteiger partial charge in [0.25, 0.3) is 0 Å². The molecule has 0 radical (unpaired) electrons. The molecule has 11 heavy (non-hydrogen) atoms. The maximum atomic E-state index is 11.0. The lowest BCUT2D eigenvalue weighted by Gasteiger charge is -2.10. The fourth-order valence-electron chi connectivity index (χ4n) is 0.789. The summed E-state index contributed by atoms with van der Waals surface area (Å²) in [4.78, 5) is 3.66. The molecule has 1 aromatic rings. The molecule has 0 saturated carbocycles. The van der Waals surface area contributed by atoms with Crippen molar-refractivity contribution in [3.63, 3.8) is 0 Å². The monoisotopic (exact) mass is 154 g/mol. The van der Waals surface area contributed by atoms with Crippen LogP contribution in [-0.4, -0.2) is 4.98 Å². The molecule has 0 aliphatic carbocycles. The normalized spacial score (nSPS) is 9.91. The first-order valence-corrected chi connectivity index (χ1v) is 3.29. The van der Waals surface area contributed by atoms with Crippen LogP contribution in [0, 0.1) is 5.21 Å². The van der Waals surface area contributed by atoms with E-state index in [1.807, 2.05) is 6.92 Å². The summed E-state index contributed by atoms with van der Waals surface area (Å²) in [5, 5.41) is 11.0. The summed E-state index contributed by atoms with van der Waals surface area (Å²) in [6.07, 6.45) is 2.19. The molecule has 5 heteroatoms. The van der Waals surface area contributed by atoms with Gasteiger partial charge in [-0.25, -0.2) is 4.73 Å². The number of aromatic nitrogens is 2. The van der Waals surface area contributed by atoms with Crippen LogP contribution in [-0.2, 0) is 6.42 Å². The molecule has 0 aliphatic rings. The zero-order chi connectivity index (χ0) is 8.43. The molecule has 60 valence electrons. The Bertz CT molecular complexity index is 274. The summed E-state index contributed by atoms with van der Waals surface area (Å²) in [5.41, 5.74) is 11.3. The maximum Gasteiger partial charge on any atom is 0.344 e. The van der Waals surface area contributed by atoms with Crippen LogP contribution in [0.5, 0.6) is 0 Å². The molecule has 0 saturated heterocycles. The summed E-state index contributed by atoms with van der Waals surface area (Å²) in [6, 6.07) is 0. The lowest BCUT2D eigenvalue weighted by atomic mass is 10.2. The van der Waals surface area contributed by atoms with E-state index in [4.69, 9.17) is 11.5 Å². The Labute approximate surface area is 64.2 Å². The number of nitrogen functional groups attached to an aromatic ring is 2. The van der Waals surface area contributed by atoms with Gasteiger partial charge in [0.1, 0.15) is 0 Å². The van der Waals surface area contributed by atoms with Gasteiger partial charge in [0.05, 0.1) is 6.20 Å². The van der Waals surface area contributed by atoms with Gasteiger partial charge in [-0.3, -0.25) is 0 Å². The highest BCUT2D eigenvalue weighted by molar-refractivity contribution is 5.34. The molecule has 0 amide bonds. The summed E-state index contributed by atoms with van der Waals surface area (Å²) >= 11 is 0. The van der Waals surface area contributed by atoms with E-state index in [9.17, 15) is 5.21 Å². The molecule has 0 atom stereocenters. The van der Waals surface area contributed by atoms with Crippen molar-refractivity contribution in [2.75, 3.05) is 11.5 Å². The van der Waals surface area contributed by atoms with Gasteiger partial charge < -0.3 is 16.7 Å². The van der Waals surface area contributed by atoms with Gasteiger partial charge in [0, 0.05) is 5.56 Å². The van der Waals surface area contributed by atoms with E-state index in [1.54, 1.807) is 0 Å². The zero-order valence-corrected chi connectivity index (χ0v) is 6.24. The maximum absolute atomic E-state index is 11.0. The second kappa shape index (κ2) is 2.61. The van der Waals surface area contributed by atoms with Crippen molar-refractivity contribution in [1.29, 1.82) is 0 Å². The molecule has 0 fully saturated rings. The molecule has 1 rings (SSSR count). The van der Waals surface area contributed by atoms with Crippen molar-refractivity contribution in [2.45, 2.75) is 13.3 Å². The van der Waals surface area contributed by atoms with Gasteiger partial charge in [-0.05, 0) is 6.42 Å². The molecule has 1 aromatic heterocycles. The van der Waals surface area contributed by atoms with Crippen molar-refractivity contribution >= 4 is 11.8 Å². The van der Waals surface area contributed by atoms with Crippen molar-refractivity contribution < 1.29 is 4.73 Å². The standard InChI is InChI=1S/C6H10N4O/c1-2-4-3-9-6(8)10(11)5(4)7/h3H,2,7H2,1H3,(H2,8,9). The van der Waals surface area contributed by atoms with Crippen LogP contribution < -0.4 is 16.2 Å². The summed E-state index contributed by atoms with van der Waals surface area (Å²) in [7, 11) is 0. The summed E-state index contributed by atoms with van der Waals surface area (Å²) < 4.78 is 0.429. The molecule has 0 spiro atoms. The van der Waals surface area contributed by atoms with E-state index in [-0.39, 0.29) is 11.8 Å². The molecule has 0 bridgehead atoms. The Balaban J connectivity index is 3.25. The van der Waals surface area contributed by atoms with E-state index >= 15 is 0 Å². The second-order valence-corrected chi connectivity index (χ2v) is 2.17. The Hall–Kier alpha value is -1.52. The number of hydrogen-bond donors (Lipinski definition) is 2. The first kappa shape index (κ1) is 7.59. The van der Waals surface area contributed by atoms with Crippen LogP contribution >= 0.6 is 0 Å². The van der Waals surface area contributed by atoms with Gasteiger partial charge in [-0.1, -0.05) is 6.92 Å². The Morgan fingerprint density at radius 2 is 2.27 bits per heavy atom. The number of nitrogens with zero attached hydrogens (tertiary/aromatic N) is 2. The SMILES string of the molecule is CCc1cnc(N)[n+]([O-])c1N. The predicted octanol–water partition coefficient (Wildman–Crippen LogP) is -0.558. The van der Waals surface area contributed by atoms with Crippen molar-refractivity contribution in [2.24, 2.45) is 0 Å². The average molecular weight is 154 g/mol. The van der Waals surface area contributed by atoms with Gasteiger partial charge in [-0.2, -0.15) is 0 Å². The molecule has 0 aromatic carbocycles.